The highest BCUT2D eigenvalue weighted by Crippen LogP contribution is 2.32. The number of carbonyl (C=O) groups excluding carboxylic acids is 3. The van der Waals surface area contributed by atoms with Crippen LogP contribution in [0.4, 0.5) is 5.69 Å². The van der Waals surface area contributed by atoms with Crippen LogP contribution < -0.4 is 9.64 Å². The summed E-state index contributed by atoms with van der Waals surface area (Å²) in [6.45, 7) is 2.24. The molecule has 6 nitrogen and oxygen atoms in total. The van der Waals surface area contributed by atoms with Crippen molar-refractivity contribution in [2.75, 3.05) is 32.1 Å². The summed E-state index contributed by atoms with van der Waals surface area (Å²) < 4.78 is 5.09. The fourth-order valence-electron chi connectivity index (χ4n) is 1.99. The zero-order valence-electron chi connectivity index (χ0n) is 11.7. The monoisotopic (exact) mass is 276 g/mol. The predicted octanol–water partition coefficient (Wildman–Crippen LogP) is 0.703. The molecule has 1 aliphatic heterocycles. The van der Waals surface area contributed by atoms with Gasteiger partial charge in [0.25, 0.3) is 11.7 Å². The van der Waals surface area contributed by atoms with Crippen LogP contribution in [0.2, 0.25) is 0 Å². The number of amides is 2. The van der Waals surface area contributed by atoms with Gasteiger partial charge in [-0.1, -0.05) is 0 Å². The number of nitrogens with zero attached hydrogens (tertiary/aromatic N) is 2. The highest BCUT2D eigenvalue weighted by Gasteiger charge is 2.37. The summed E-state index contributed by atoms with van der Waals surface area (Å²) in [5.41, 5.74) is 0.736. The van der Waals surface area contributed by atoms with E-state index >= 15 is 0 Å². The molecule has 0 aromatic heterocycles. The summed E-state index contributed by atoms with van der Waals surface area (Å²) in [7, 11) is 3.15. The van der Waals surface area contributed by atoms with Crippen molar-refractivity contribution in [3.63, 3.8) is 0 Å². The van der Waals surface area contributed by atoms with Gasteiger partial charge in [0.1, 0.15) is 12.3 Å². The molecule has 1 aliphatic rings. The Labute approximate surface area is 116 Å². The largest absolute Gasteiger partial charge is 0.497 e. The molecule has 2 rings (SSSR count). The lowest BCUT2D eigenvalue weighted by Gasteiger charge is -2.20. The van der Waals surface area contributed by atoms with Crippen LogP contribution >= 0.6 is 0 Å². The van der Waals surface area contributed by atoms with Gasteiger partial charge in [-0.15, -0.1) is 0 Å². The maximum absolute atomic E-state index is 12.0. The first-order valence-electron chi connectivity index (χ1n) is 6.27. The van der Waals surface area contributed by atoms with Crippen LogP contribution in [0.25, 0.3) is 0 Å². The number of fused-ring (bicyclic) bond motifs is 1. The van der Waals surface area contributed by atoms with E-state index in [1.165, 1.54) is 16.9 Å². The third-order valence-electron chi connectivity index (χ3n) is 3.37. The van der Waals surface area contributed by atoms with Crippen LogP contribution in [0, 0.1) is 0 Å². The second-order valence-electron chi connectivity index (χ2n) is 4.51. The Morgan fingerprint density at radius 3 is 2.65 bits per heavy atom. The minimum Gasteiger partial charge on any atom is -0.497 e. The number of benzene rings is 1. The Bertz CT molecular complexity index is 583. The van der Waals surface area contributed by atoms with E-state index in [4.69, 9.17) is 4.74 Å². The van der Waals surface area contributed by atoms with Crippen molar-refractivity contribution >= 4 is 23.3 Å². The van der Waals surface area contributed by atoms with Crippen molar-refractivity contribution in [3.05, 3.63) is 23.8 Å². The van der Waals surface area contributed by atoms with Crippen molar-refractivity contribution < 1.29 is 19.1 Å². The molecular weight excluding hydrogens is 260 g/mol. The Balaban J connectivity index is 2.34. The lowest BCUT2D eigenvalue weighted by atomic mass is 10.1. The van der Waals surface area contributed by atoms with Crippen LogP contribution in [0.15, 0.2) is 18.2 Å². The van der Waals surface area contributed by atoms with Gasteiger partial charge in [-0.25, -0.2) is 0 Å². The second-order valence-corrected chi connectivity index (χ2v) is 4.51. The van der Waals surface area contributed by atoms with Gasteiger partial charge in [-0.05, 0) is 19.1 Å². The van der Waals surface area contributed by atoms with Gasteiger partial charge in [-0.3, -0.25) is 19.3 Å². The number of hydrogen-bond acceptors (Lipinski definition) is 4. The van der Waals surface area contributed by atoms with Crippen LogP contribution in [0.3, 0.4) is 0 Å². The molecule has 20 heavy (non-hydrogen) atoms. The molecule has 0 saturated heterocycles. The van der Waals surface area contributed by atoms with E-state index in [0.717, 1.165) is 0 Å². The summed E-state index contributed by atoms with van der Waals surface area (Å²) in [5, 5.41) is 0. The highest BCUT2D eigenvalue weighted by molar-refractivity contribution is 6.52. The van der Waals surface area contributed by atoms with E-state index in [9.17, 15) is 14.4 Å². The zero-order valence-corrected chi connectivity index (χ0v) is 11.7. The molecule has 1 aromatic rings. The molecule has 0 fully saturated rings. The van der Waals surface area contributed by atoms with Gasteiger partial charge in [0.2, 0.25) is 5.91 Å². The second kappa shape index (κ2) is 5.32. The van der Waals surface area contributed by atoms with Gasteiger partial charge in [0.05, 0.1) is 18.4 Å². The van der Waals surface area contributed by atoms with Crippen molar-refractivity contribution in [3.8, 4) is 5.75 Å². The lowest BCUT2D eigenvalue weighted by Crippen LogP contribution is -2.40. The zero-order chi connectivity index (χ0) is 14.9. The molecule has 0 radical (unpaired) electrons. The van der Waals surface area contributed by atoms with Crippen molar-refractivity contribution in [2.24, 2.45) is 0 Å². The van der Waals surface area contributed by atoms with Gasteiger partial charge in [0.15, 0.2) is 0 Å². The van der Waals surface area contributed by atoms with E-state index in [1.807, 2.05) is 6.92 Å². The average molecular weight is 276 g/mol. The Kier molecular flexibility index (Phi) is 3.74. The first-order chi connectivity index (χ1) is 9.49. The maximum atomic E-state index is 12.0. The summed E-state index contributed by atoms with van der Waals surface area (Å²) in [4.78, 5) is 38.5. The number of hydrogen-bond donors (Lipinski definition) is 0. The van der Waals surface area contributed by atoms with Crippen molar-refractivity contribution in [2.45, 2.75) is 6.92 Å². The minimum atomic E-state index is -0.675. The van der Waals surface area contributed by atoms with Gasteiger partial charge >= 0.3 is 0 Å². The number of carbonyl (C=O) groups is 3. The van der Waals surface area contributed by atoms with Crippen LogP contribution in [-0.2, 0) is 9.59 Å². The Morgan fingerprint density at radius 1 is 1.35 bits per heavy atom. The normalized spacial score (nSPS) is 13.4. The Hall–Kier alpha value is -2.37. The average Bonchev–Trinajstić information content (AvgIpc) is 2.70. The topological polar surface area (TPSA) is 66.9 Å². The molecule has 0 saturated carbocycles. The molecule has 0 spiro atoms. The smallest absolute Gasteiger partial charge is 0.299 e. The number of anilines is 1. The standard InChI is InChI=1S/C14H16N2O4/c1-4-15(2)12(17)8-16-11-7-9(20-3)5-6-10(11)13(18)14(16)19/h5-7H,4,8H2,1-3H3. The van der Waals surface area contributed by atoms with E-state index < -0.39 is 11.7 Å². The molecule has 0 aliphatic carbocycles. The van der Waals surface area contributed by atoms with E-state index in [-0.39, 0.29) is 12.5 Å². The molecule has 0 unspecified atom stereocenters. The summed E-state index contributed by atoms with van der Waals surface area (Å²) in [5.74, 6) is -0.947. The van der Waals surface area contributed by atoms with Crippen LogP contribution in [-0.4, -0.2) is 49.7 Å². The number of methoxy groups -OCH3 is 1. The molecule has 1 heterocycles. The third-order valence-corrected chi connectivity index (χ3v) is 3.37. The first kappa shape index (κ1) is 14.0. The number of Topliss-reactive ketones (excluding diaryl/α,β-unsaturated/α-hetero) is 1. The van der Waals surface area contributed by atoms with Crippen LogP contribution in [0.1, 0.15) is 17.3 Å². The molecule has 106 valence electrons. The van der Waals surface area contributed by atoms with Gasteiger partial charge in [-0.2, -0.15) is 0 Å². The molecule has 0 N–H and O–H groups in total. The van der Waals surface area contributed by atoms with Crippen molar-refractivity contribution in [1.29, 1.82) is 0 Å². The molecule has 0 bridgehead atoms. The summed E-state index contributed by atoms with van der Waals surface area (Å²) in [6.07, 6.45) is 0. The summed E-state index contributed by atoms with van der Waals surface area (Å²) >= 11 is 0. The fourth-order valence-corrected chi connectivity index (χ4v) is 1.99. The highest BCUT2D eigenvalue weighted by atomic mass is 16.5. The molecular formula is C14H16N2O4. The lowest BCUT2D eigenvalue weighted by molar-refractivity contribution is -0.129. The number of ether oxygens (including phenoxy) is 1. The molecule has 1 aromatic carbocycles. The molecule has 6 heteroatoms. The SMILES string of the molecule is CCN(C)C(=O)CN1C(=O)C(=O)c2ccc(OC)cc21. The molecule has 0 atom stereocenters. The van der Waals surface area contributed by atoms with E-state index in [1.54, 1.807) is 25.2 Å². The quantitative estimate of drug-likeness (QED) is 0.759. The third kappa shape index (κ3) is 2.24. The molecule has 2 amide bonds. The van der Waals surface area contributed by atoms with Gasteiger partial charge < -0.3 is 9.64 Å². The Morgan fingerprint density at radius 2 is 2.05 bits per heavy atom. The van der Waals surface area contributed by atoms with Gasteiger partial charge in [0, 0.05) is 19.7 Å². The minimum absolute atomic E-state index is 0.144. The van der Waals surface area contributed by atoms with E-state index in [0.29, 0.717) is 23.5 Å². The van der Waals surface area contributed by atoms with E-state index in [2.05, 4.69) is 0 Å². The fraction of sp³-hybridized carbons (Fsp3) is 0.357. The summed E-state index contributed by atoms with van der Waals surface area (Å²) in [6, 6.07) is 4.76. The number of rotatable bonds is 4. The van der Waals surface area contributed by atoms with Crippen LogP contribution in [0.5, 0.6) is 5.75 Å². The predicted molar refractivity (Wildman–Crippen MR) is 73.0 cm³/mol. The first-order valence-corrected chi connectivity index (χ1v) is 6.27. The van der Waals surface area contributed by atoms with Crippen molar-refractivity contribution in [1.82, 2.24) is 4.90 Å². The number of ketones is 1. The number of likely N-dealkylation sites (N-methyl/N-ethyl adjacent to an activating group) is 1. The maximum Gasteiger partial charge on any atom is 0.299 e.